The normalized spacial score (nSPS) is 10.6. The Hall–Kier alpha value is -3.41. The third kappa shape index (κ3) is 6.60. The number of benzene rings is 2. The molecule has 0 aliphatic heterocycles. The Morgan fingerprint density at radius 1 is 1.03 bits per heavy atom. The van der Waals surface area contributed by atoms with E-state index in [1.54, 1.807) is 35.2 Å². The minimum Gasteiger partial charge on any atom is -0.452 e. The van der Waals surface area contributed by atoms with Gasteiger partial charge in [0.25, 0.3) is 11.8 Å². The van der Waals surface area contributed by atoms with E-state index in [0.717, 1.165) is 11.1 Å². The SMILES string of the molecule is CCN(CC)C(=O)c1cccc(NC(=O)COC(=O)/C=C/c2ccccc2C)c1. The van der Waals surface area contributed by atoms with Crippen LogP contribution in [0.4, 0.5) is 5.69 Å². The van der Waals surface area contributed by atoms with Crippen LogP contribution in [-0.2, 0) is 14.3 Å². The van der Waals surface area contributed by atoms with Crippen LogP contribution in [0.3, 0.4) is 0 Å². The first-order chi connectivity index (χ1) is 13.9. The van der Waals surface area contributed by atoms with E-state index < -0.39 is 18.5 Å². The zero-order chi connectivity index (χ0) is 21.2. The lowest BCUT2D eigenvalue weighted by Gasteiger charge is -2.19. The fourth-order valence-corrected chi connectivity index (χ4v) is 2.74. The molecule has 0 aliphatic carbocycles. The maximum absolute atomic E-state index is 12.4. The highest BCUT2D eigenvalue weighted by molar-refractivity contribution is 5.98. The Balaban J connectivity index is 1.89. The van der Waals surface area contributed by atoms with Crippen LogP contribution >= 0.6 is 0 Å². The van der Waals surface area contributed by atoms with Gasteiger partial charge < -0.3 is 15.0 Å². The van der Waals surface area contributed by atoms with E-state index in [0.29, 0.717) is 24.3 Å². The molecule has 0 radical (unpaired) electrons. The summed E-state index contributed by atoms with van der Waals surface area (Å²) in [6, 6.07) is 14.3. The molecule has 2 amide bonds. The van der Waals surface area contributed by atoms with Gasteiger partial charge in [-0.25, -0.2) is 4.79 Å². The van der Waals surface area contributed by atoms with Crippen molar-refractivity contribution in [3.63, 3.8) is 0 Å². The van der Waals surface area contributed by atoms with Crippen LogP contribution in [0.5, 0.6) is 0 Å². The van der Waals surface area contributed by atoms with E-state index in [1.807, 2.05) is 45.0 Å². The fraction of sp³-hybridized carbons (Fsp3) is 0.261. The van der Waals surface area contributed by atoms with Crippen molar-refractivity contribution in [3.8, 4) is 0 Å². The van der Waals surface area contributed by atoms with Gasteiger partial charge in [-0.2, -0.15) is 0 Å². The van der Waals surface area contributed by atoms with Crippen LogP contribution in [0, 0.1) is 6.92 Å². The highest BCUT2D eigenvalue weighted by atomic mass is 16.5. The van der Waals surface area contributed by atoms with Crippen LogP contribution in [0.15, 0.2) is 54.6 Å². The Bertz CT molecular complexity index is 901. The summed E-state index contributed by atoms with van der Waals surface area (Å²) in [4.78, 5) is 38.0. The van der Waals surface area contributed by atoms with Crippen molar-refractivity contribution in [2.75, 3.05) is 25.0 Å². The number of nitrogens with one attached hydrogen (secondary N) is 1. The molecule has 0 atom stereocenters. The van der Waals surface area contributed by atoms with E-state index >= 15 is 0 Å². The number of anilines is 1. The molecule has 1 N–H and O–H groups in total. The highest BCUT2D eigenvalue weighted by Crippen LogP contribution is 2.13. The first-order valence-corrected chi connectivity index (χ1v) is 9.54. The van der Waals surface area contributed by atoms with Crippen LogP contribution in [0.1, 0.15) is 35.3 Å². The summed E-state index contributed by atoms with van der Waals surface area (Å²) in [5, 5.41) is 2.64. The van der Waals surface area contributed by atoms with Crippen LogP contribution in [-0.4, -0.2) is 42.4 Å². The minimum atomic E-state index is -0.603. The molecule has 6 nitrogen and oxygen atoms in total. The predicted molar refractivity (Wildman–Crippen MR) is 113 cm³/mol. The molecule has 0 spiro atoms. The number of carbonyl (C=O) groups excluding carboxylic acids is 3. The van der Waals surface area contributed by atoms with Crippen molar-refractivity contribution in [1.82, 2.24) is 4.90 Å². The molecule has 152 valence electrons. The van der Waals surface area contributed by atoms with Crippen molar-refractivity contribution in [1.29, 1.82) is 0 Å². The predicted octanol–water partition coefficient (Wildman–Crippen LogP) is 3.67. The molecule has 6 heteroatoms. The molecule has 2 aromatic carbocycles. The van der Waals surface area contributed by atoms with Gasteiger partial charge in [0.2, 0.25) is 0 Å². The molecule has 0 saturated carbocycles. The van der Waals surface area contributed by atoms with Crippen LogP contribution < -0.4 is 5.32 Å². The largest absolute Gasteiger partial charge is 0.452 e. The number of hydrogen-bond acceptors (Lipinski definition) is 4. The van der Waals surface area contributed by atoms with Gasteiger partial charge in [-0.1, -0.05) is 30.3 Å². The van der Waals surface area contributed by atoms with Crippen LogP contribution in [0.2, 0.25) is 0 Å². The van der Waals surface area contributed by atoms with Crippen molar-refractivity contribution < 1.29 is 19.1 Å². The van der Waals surface area contributed by atoms with Crippen LogP contribution in [0.25, 0.3) is 6.08 Å². The molecule has 2 rings (SSSR count). The number of nitrogens with zero attached hydrogens (tertiary/aromatic N) is 1. The molecule has 0 aromatic heterocycles. The smallest absolute Gasteiger partial charge is 0.331 e. The van der Waals surface area contributed by atoms with E-state index in [9.17, 15) is 14.4 Å². The van der Waals surface area contributed by atoms with Crippen molar-refractivity contribution >= 4 is 29.5 Å². The Kier molecular flexibility index (Phi) is 8.15. The summed E-state index contributed by atoms with van der Waals surface area (Å²) < 4.78 is 4.98. The van der Waals surface area contributed by atoms with E-state index in [1.165, 1.54) is 6.08 Å². The molecule has 0 aliphatic rings. The molecule has 0 heterocycles. The fourth-order valence-electron chi connectivity index (χ4n) is 2.74. The van der Waals surface area contributed by atoms with Gasteiger partial charge >= 0.3 is 5.97 Å². The lowest BCUT2D eigenvalue weighted by molar-refractivity contribution is -0.142. The topological polar surface area (TPSA) is 75.7 Å². The molecule has 2 aromatic rings. The third-order valence-electron chi connectivity index (χ3n) is 4.38. The Labute approximate surface area is 171 Å². The molecular weight excluding hydrogens is 368 g/mol. The zero-order valence-corrected chi connectivity index (χ0v) is 17.0. The van der Waals surface area contributed by atoms with E-state index in [-0.39, 0.29) is 5.91 Å². The first kappa shape index (κ1) is 21.9. The summed E-state index contributed by atoms with van der Waals surface area (Å²) in [5.41, 5.74) is 2.90. The monoisotopic (exact) mass is 394 g/mol. The van der Waals surface area contributed by atoms with Gasteiger partial charge in [-0.05, 0) is 56.2 Å². The quantitative estimate of drug-likeness (QED) is 0.547. The summed E-state index contributed by atoms with van der Waals surface area (Å²) in [5.74, 6) is -1.18. The van der Waals surface area contributed by atoms with Gasteiger partial charge in [0.05, 0.1) is 0 Å². The standard InChI is InChI=1S/C23H26N2O4/c1-4-25(5-2)23(28)19-11-8-12-20(15-19)24-21(26)16-29-22(27)14-13-18-10-7-6-9-17(18)3/h6-15H,4-5,16H2,1-3H3,(H,24,26)/b14-13+. The Morgan fingerprint density at radius 2 is 1.76 bits per heavy atom. The second-order valence-electron chi connectivity index (χ2n) is 6.40. The minimum absolute atomic E-state index is 0.0983. The van der Waals surface area contributed by atoms with Gasteiger partial charge in [0.15, 0.2) is 6.61 Å². The first-order valence-electron chi connectivity index (χ1n) is 9.54. The van der Waals surface area contributed by atoms with Crippen molar-refractivity contribution in [2.24, 2.45) is 0 Å². The Morgan fingerprint density at radius 3 is 2.45 bits per heavy atom. The van der Waals surface area contributed by atoms with E-state index in [4.69, 9.17) is 4.74 Å². The zero-order valence-electron chi connectivity index (χ0n) is 17.0. The molecule has 29 heavy (non-hydrogen) atoms. The number of hydrogen-bond donors (Lipinski definition) is 1. The highest BCUT2D eigenvalue weighted by Gasteiger charge is 2.13. The maximum atomic E-state index is 12.4. The average molecular weight is 394 g/mol. The number of carbonyl (C=O) groups is 3. The van der Waals surface area contributed by atoms with Gasteiger partial charge in [0.1, 0.15) is 0 Å². The molecular formula is C23H26N2O4. The maximum Gasteiger partial charge on any atom is 0.331 e. The lowest BCUT2D eigenvalue weighted by Crippen LogP contribution is -2.30. The second-order valence-corrected chi connectivity index (χ2v) is 6.40. The second kappa shape index (κ2) is 10.8. The third-order valence-corrected chi connectivity index (χ3v) is 4.38. The molecule has 0 unspecified atom stereocenters. The van der Waals surface area contributed by atoms with E-state index in [2.05, 4.69) is 5.32 Å². The lowest BCUT2D eigenvalue weighted by atomic mass is 10.1. The number of esters is 1. The van der Waals surface area contributed by atoms with Gasteiger partial charge in [0, 0.05) is 30.4 Å². The van der Waals surface area contributed by atoms with Gasteiger partial charge in [-0.3, -0.25) is 9.59 Å². The number of aryl methyl sites for hydroxylation is 1. The summed E-state index contributed by atoms with van der Waals surface area (Å²) >= 11 is 0. The average Bonchev–Trinajstić information content (AvgIpc) is 2.72. The molecule has 0 fully saturated rings. The summed E-state index contributed by atoms with van der Waals surface area (Å²) in [6.07, 6.45) is 2.94. The number of amides is 2. The van der Waals surface area contributed by atoms with Gasteiger partial charge in [-0.15, -0.1) is 0 Å². The number of rotatable bonds is 8. The van der Waals surface area contributed by atoms with Crippen molar-refractivity contribution in [2.45, 2.75) is 20.8 Å². The molecule has 0 bridgehead atoms. The van der Waals surface area contributed by atoms with Crippen molar-refractivity contribution in [3.05, 3.63) is 71.3 Å². The molecule has 0 saturated heterocycles. The summed E-state index contributed by atoms with van der Waals surface area (Å²) in [6.45, 7) is 6.57. The summed E-state index contributed by atoms with van der Waals surface area (Å²) in [7, 11) is 0. The number of ether oxygens (including phenoxy) is 1.